The highest BCUT2D eigenvalue weighted by Gasteiger charge is 2.30. The Morgan fingerprint density at radius 2 is 1.88 bits per heavy atom. The molecule has 0 aliphatic carbocycles. The van der Waals surface area contributed by atoms with E-state index in [0.29, 0.717) is 5.56 Å². The molecule has 134 valence electrons. The Balaban J connectivity index is 2.14. The summed E-state index contributed by atoms with van der Waals surface area (Å²) in [6.07, 6.45) is -4.60. The average molecular weight is 363 g/mol. The molecule has 2 heterocycles. The molecule has 0 aliphatic rings. The third-order valence-corrected chi connectivity index (χ3v) is 4.00. The monoisotopic (exact) mass is 363 g/mol. The summed E-state index contributed by atoms with van der Waals surface area (Å²) in [6.45, 7) is 1.66. The molecule has 10 heteroatoms. The van der Waals surface area contributed by atoms with E-state index < -0.39 is 29.0 Å². The molecule has 0 fully saturated rings. The average Bonchev–Trinajstić information content (AvgIpc) is 2.92. The smallest absolute Gasteiger partial charge is 0.292 e. The minimum Gasteiger partial charge on any atom is -0.292 e. The molecular formula is C16H12F3N5O2. The van der Waals surface area contributed by atoms with Crippen LogP contribution in [0.4, 0.5) is 13.2 Å². The second-order valence-corrected chi connectivity index (χ2v) is 5.65. The number of H-pyrrole nitrogens is 2. The predicted octanol–water partition coefficient (Wildman–Crippen LogP) is 2.11. The fourth-order valence-corrected chi connectivity index (χ4v) is 2.71. The third kappa shape index (κ3) is 2.99. The first-order valence-electron chi connectivity index (χ1n) is 7.50. The zero-order valence-electron chi connectivity index (χ0n) is 13.4. The number of rotatable bonds is 3. The quantitative estimate of drug-likeness (QED) is 0.743. The van der Waals surface area contributed by atoms with Gasteiger partial charge in [0.1, 0.15) is 11.0 Å². The molecule has 1 aromatic carbocycles. The summed E-state index contributed by atoms with van der Waals surface area (Å²) in [5, 5.41) is 13.2. The van der Waals surface area contributed by atoms with Gasteiger partial charge < -0.3 is 0 Å². The zero-order valence-corrected chi connectivity index (χ0v) is 13.4. The lowest BCUT2D eigenvalue weighted by atomic mass is 10.1. The molecule has 0 saturated carbocycles. The van der Waals surface area contributed by atoms with Crippen molar-refractivity contribution in [2.75, 3.05) is 0 Å². The minimum absolute atomic E-state index is 0.0740. The third-order valence-electron chi connectivity index (χ3n) is 4.00. The molecule has 0 bridgehead atoms. The highest BCUT2D eigenvalue weighted by Crippen LogP contribution is 2.30. The van der Waals surface area contributed by atoms with Crippen molar-refractivity contribution in [1.82, 2.24) is 19.7 Å². The van der Waals surface area contributed by atoms with Crippen molar-refractivity contribution in [3.63, 3.8) is 0 Å². The Kier molecular flexibility index (Phi) is 4.15. The number of nitriles is 1. The van der Waals surface area contributed by atoms with Gasteiger partial charge in [0.2, 0.25) is 0 Å². The summed E-state index contributed by atoms with van der Waals surface area (Å²) >= 11 is 0. The molecule has 0 spiro atoms. The molecular weight excluding hydrogens is 351 g/mol. The molecule has 1 atom stereocenters. The van der Waals surface area contributed by atoms with E-state index in [1.807, 2.05) is 6.07 Å². The van der Waals surface area contributed by atoms with Crippen molar-refractivity contribution in [3.8, 4) is 6.07 Å². The summed E-state index contributed by atoms with van der Waals surface area (Å²) in [5.74, 6) is 0. The van der Waals surface area contributed by atoms with Crippen molar-refractivity contribution in [2.24, 2.45) is 0 Å². The summed E-state index contributed by atoms with van der Waals surface area (Å²) in [5.41, 5.74) is -1.43. The summed E-state index contributed by atoms with van der Waals surface area (Å²) in [6, 6.07) is 5.81. The highest BCUT2D eigenvalue weighted by atomic mass is 19.4. The van der Waals surface area contributed by atoms with E-state index in [-0.39, 0.29) is 23.1 Å². The van der Waals surface area contributed by atoms with Gasteiger partial charge in [0, 0.05) is 0 Å². The molecule has 0 amide bonds. The summed E-state index contributed by atoms with van der Waals surface area (Å²) in [7, 11) is 0. The molecule has 0 saturated heterocycles. The lowest BCUT2D eigenvalue weighted by Gasteiger charge is -2.15. The van der Waals surface area contributed by atoms with Crippen molar-refractivity contribution in [3.05, 3.63) is 61.9 Å². The van der Waals surface area contributed by atoms with Gasteiger partial charge in [0.25, 0.3) is 5.56 Å². The zero-order chi connectivity index (χ0) is 19.1. The van der Waals surface area contributed by atoms with Crippen LogP contribution in [0.15, 0.2) is 33.9 Å². The van der Waals surface area contributed by atoms with Crippen LogP contribution >= 0.6 is 0 Å². The molecule has 2 aromatic heterocycles. The van der Waals surface area contributed by atoms with Gasteiger partial charge in [-0.25, -0.2) is 9.48 Å². The van der Waals surface area contributed by atoms with Crippen LogP contribution in [0.3, 0.4) is 0 Å². The van der Waals surface area contributed by atoms with Crippen LogP contribution < -0.4 is 11.2 Å². The summed E-state index contributed by atoms with van der Waals surface area (Å²) < 4.78 is 39.4. The Morgan fingerprint density at radius 3 is 2.46 bits per heavy atom. The van der Waals surface area contributed by atoms with Crippen LogP contribution in [0.1, 0.15) is 29.8 Å². The van der Waals surface area contributed by atoms with Crippen molar-refractivity contribution < 1.29 is 13.2 Å². The fraction of sp³-hybridized carbons (Fsp3) is 0.250. The van der Waals surface area contributed by atoms with E-state index in [2.05, 4.69) is 15.1 Å². The van der Waals surface area contributed by atoms with Crippen molar-refractivity contribution >= 4 is 11.0 Å². The number of hydrogen-bond donors (Lipinski definition) is 2. The number of aromatic nitrogens is 4. The number of nitrogens with zero attached hydrogens (tertiary/aromatic N) is 3. The molecule has 2 N–H and O–H groups in total. The fourth-order valence-electron chi connectivity index (χ4n) is 2.71. The van der Waals surface area contributed by atoms with Crippen LogP contribution in [0.2, 0.25) is 0 Å². The first-order valence-corrected chi connectivity index (χ1v) is 7.50. The lowest BCUT2D eigenvalue weighted by molar-refractivity contribution is -0.137. The SMILES string of the molecule is CC(c1ccc(C(F)(F)F)cc1)n1nc(CC#N)c2c(=O)[nH]c(=O)[nH]c21. The number of nitrogens with one attached hydrogen (secondary N) is 2. The number of hydrogen-bond acceptors (Lipinski definition) is 4. The van der Waals surface area contributed by atoms with E-state index in [9.17, 15) is 22.8 Å². The Hall–Kier alpha value is -3.35. The second kappa shape index (κ2) is 6.18. The molecule has 0 radical (unpaired) electrons. The molecule has 3 aromatic rings. The van der Waals surface area contributed by atoms with E-state index in [4.69, 9.17) is 5.26 Å². The van der Waals surface area contributed by atoms with E-state index in [1.54, 1.807) is 6.92 Å². The predicted molar refractivity (Wildman–Crippen MR) is 85.5 cm³/mol. The highest BCUT2D eigenvalue weighted by molar-refractivity contribution is 5.77. The molecule has 1 unspecified atom stereocenters. The number of halogens is 3. The van der Waals surface area contributed by atoms with Crippen LogP contribution in [0.5, 0.6) is 0 Å². The number of aromatic amines is 2. The molecule has 0 aliphatic heterocycles. The minimum atomic E-state index is -4.45. The van der Waals surface area contributed by atoms with Gasteiger partial charge in [-0.05, 0) is 24.6 Å². The standard InChI is InChI=1S/C16H12F3N5O2/c1-8(9-2-4-10(5-3-9)16(17,18)19)24-13-12(11(23-24)6-7-20)14(25)22-15(26)21-13/h2-5,8H,6H2,1H3,(H2,21,22,25,26). The van der Waals surface area contributed by atoms with Crippen LogP contribution in [-0.4, -0.2) is 19.7 Å². The van der Waals surface area contributed by atoms with Crippen molar-refractivity contribution in [1.29, 1.82) is 5.26 Å². The van der Waals surface area contributed by atoms with Crippen molar-refractivity contribution in [2.45, 2.75) is 25.6 Å². The van der Waals surface area contributed by atoms with E-state index in [1.165, 1.54) is 16.8 Å². The van der Waals surface area contributed by atoms with Crippen LogP contribution in [0.25, 0.3) is 11.0 Å². The first-order chi connectivity index (χ1) is 12.2. The van der Waals surface area contributed by atoms with Gasteiger partial charge in [-0.3, -0.25) is 14.8 Å². The Morgan fingerprint density at radius 1 is 1.23 bits per heavy atom. The van der Waals surface area contributed by atoms with Gasteiger partial charge in [0.05, 0.1) is 29.8 Å². The summed E-state index contributed by atoms with van der Waals surface area (Å²) in [4.78, 5) is 28.2. The maximum atomic E-state index is 12.7. The van der Waals surface area contributed by atoms with Gasteiger partial charge in [-0.1, -0.05) is 12.1 Å². The largest absolute Gasteiger partial charge is 0.416 e. The second-order valence-electron chi connectivity index (χ2n) is 5.65. The lowest BCUT2D eigenvalue weighted by Crippen LogP contribution is -2.23. The van der Waals surface area contributed by atoms with Gasteiger partial charge in [-0.15, -0.1) is 0 Å². The van der Waals surface area contributed by atoms with Gasteiger partial charge >= 0.3 is 11.9 Å². The Bertz CT molecular complexity index is 1120. The molecule has 3 rings (SSSR count). The first kappa shape index (κ1) is 17.5. The van der Waals surface area contributed by atoms with Crippen LogP contribution in [-0.2, 0) is 12.6 Å². The maximum absolute atomic E-state index is 12.7. The van der Waals surface area contributed by atoms with Gasteiger partial charge in [0.15, 0.2) is 0 Å². The number of fused-ring (bicyclic) bond motifs is 1. The number of benzene rings is 1. The normalized spacial score (nSPS) is 12.9. The molecule has 26 heavy (non-hydrogen) atoms. The van der Waals surface area contributed by atoms with E-state index in [0.717, 1.165) is 12.1 Å². The Labute approximate surface area is 143 Å². The maximum Gasteiger partial charge on any atom is 0.416 e. The number of alkyl halides is 3. The van der Waals surface area contributed by atoms with Crippen LogP contribution in [0, 0.1) is 11.3 Å². The topological polar surface area (TPSA) is 107 Å². The van der Waals surface area contributed by atoms with E-state index >= 15 is 0 Å². The van der Waals surface area contributed by atoms with Gasteiger partial charge in [-0.2, -0.15) is 23.5 Å². The molecule has 7 nitrogen and oxygen atoms in total.